The number of carbonyl (C=O) groups excluding carboxylic acids is 1. The molecule has 0 bridgehead atoms. The maximum absolute atomic E-state index is 11.0. The predicted molar refractivity (Wildman–Crippen MR) is 53.9 cm³/mol. The van der Waals surface area contributed by atoms with Gasteiger partial charge in [0.25, 0.3) is 0 Å². The first kappa shape index (κ1) is 9.19. The predicted octanol–water partition coefficient (Wildman–Crippen LogP) is 0.958. The van der Waals surface area contributed by atoms with Crippen molar-refractivity contribution in [1.82, 2.24) is 0 Å². The Labute approximate surface area is 83.8 Å². The molecule has 2 rings (SSSR count). The highest BCUT2D eigenvalue weighted by molar-refractivity contribution is 5.89. The van der Waals surface area contributed by atoms with Crippen LogP contribution in [0.25, 0.3) is 0 Å². The standard InChI is InChI=1S/C11H14N2O/c1-8(14)12-10-6-7-13(2)11-5-3-4-9(10)11/h6-7H,3-5H2,1-2H3/p+1. The third-order valence-electron chi connectivity index (χ3n) is 2.72. The Hall–Kier alpha value is -1.38. The minimum Gasteiger partial charge on any atom is -0.326 e. The molecular formula is C11H15N2O+. The van der Waals surface area contributed by atoms with Crippen LogP contribution in [0.4, 0.5) is 5.69 Å². The van der Waals surface area contributed by atoms with E-state index in [9.17, 15) is 4.79 Å². The molecule has 1 heterocycles. The molecule has 3 nitrogen and oxygen atoms in total. The Morgan fingerprint density at radius 2 is 2.29 bits per heavy atom. The summed E-state index contributed by atoms with van der Waals surface area (Å²) in [5, 5.41) is 2.88. The van der Waals surface area contributed by atoms with Crippen LogP contribution in [-0.4, -0.2) is 5.91 Å². The monoisotopic (exact) mass is 191 g/mol. The van der Waals surface area contributed by atoms with E-state index < -0.39 is 0 Å². The Morgan fingerprint density at radius 1 is 1.50 bits per heavy atom. The number of nitrogens with one attached hydrogen (secondary N) is 1. The zero-order valence-electron chi connectivity index (χ0n) is 8.63. The molecule has 0 saturated carbocycles. The van der Waals surface area contributed by atoms with Crippen LogP contribution < -0.4 is 9.88 Å². The van der Waals surface area contributed by atoms with E-state index in [0.29, 0.717) is 0 Å². The fourth-order valence-electron chi connectivity index (χ4n) is 2.09. The van der Waals surface area contributed by atoms with Gasteiger partial charge in [-0.1, -0.05) is 0 Å². The number of aromatic nitrogens is 1. The molecule has 0 radical (unpaired) electrons. The van der Waals surface area contributed by atoms with Gasteiger partial charge >= 0.3 is 0 Å². The Balaban J connectivity index is 2.43. The van der Waals surface area contributed by atoms with Gasteiger partial charge in [-0.15, -0.1) is 0 Å². The van der Waals surface area contributed by atoms with Gasteiger partial charge in [-0.05, 0) is 12.8 Å². The zero-order valence-corrected chi connectivity index (χ0v) is 8.63. The molecule has 1 amide bonds. The van der Waals surface area contributed by atoms with Crippen molar-refractivity contribution in [1.29, 1.82) is 0 Å². The topological polar surface area (TPSA) is 33.0 Å². The molecule has 0 unspecified atom stereocenters. The van der Waals surface area contributed by atoms with Crippen molar-refractivity contribution in [3.8, 4) is 0 Å². The fourth-order valence-corrected chi connectivity index (χ4v) is 2.09. The maximum atomic E-state index is 11.0. The van der Waals surface area contributed by atoms with Gasteiger partial charge in [0.2, 0.25) is 5.91 Å². The first-order valence-electron chi connectivity index (χ1n) is 4.96. The summed E-state index contributed by atoms with van der Waals surface area (Å²) < 4.78 is 2.15. The second-order valence-electron chi connectivity index (χ2n) is 3.80. The number of fused-ring (bicyclic) bond motifs is 1. The second kappa shape index (κ2) is 3.40. The van der Waals surface area contributed by atoms with Crippen LogP contribution in [0.2, 0.25) is 0 Å². The van der Waals surface area contributed by atoms with Crippen LogP contribution in [0.1, 0.15) is 24.6 Å². The Kier molecular flexibility index (Phi) is 2.23. The lowest BCUT2D eigenvalue weighted by atomic mass is 10.2. The van der Waals surface area contributed by atoms with E-state index in [0.717, 1.165) is 18.5 Å². The Morgan fingerprint density at radius 3 is 3.00 bits per heavy atom. The van der Waals surface area contributed by atoms with Crippen molar-refractivity contribution in [2.75, 3.05) is 5.32 Å². The summed E-state index contributed by atoms with van der Waals surface area (Å²) in [6.07, 6.45) is 5.41. The molecule has 0 spiro atoms. The van der Waals surface area contributed by atoms with Crippen LogP contribution in [0.15, 0.2) is 12.3 Å². The van der Waals surface area contributed by atoms with Crippen LogP contribution in [0.5, 0.6) is 0 Å². The van der Waals surface area contributed by atoms with Gasteiger partial charge in [-0.2, -0.15) is 0 Å². The lowest BCUT2D eigenvalue weighted by molar-refractivity contribution is -0.678. The van der Waals surface area contributed by atoms with E-state index in [1.807, 2.05) is 12.3 Å². The molecule has 1 aromatic rings. The molecule has 0 aliphatic heterocycles. The molecule has 1 aliphatic rings. The number of hydrogen-bond donors (Lipinski definition) is 1. The average Bonchev–Trinajstić information content (AvgIpc) is 2.58. The van der Waals surface area contributed by atoms with Gasteiger partial charge in [0.1, 0.15) is 7.05 Å². The highest BCUT2D eigenvalue weighted by Gasteiger charge is 2.23. The van der Waals surface area contributed by atoms with Crippen LogP contribution in [0, 0.1) is 0 Å². The SMILES string of the molecule is CC(=O)Nc1cc[n+](C)c2c1CCC2. The zero-order chi connectivity index (χ0) is 10.1. The number of carbonyl (C=O) groups is 1. The van der Waals surface area contributed by atoms with E-state index in [4.69, 9.17) is 0 Å². The van der Waals surface area contributed by atoms with Gasteiger partial charge in [0.15, 0.2) is 11.9 Å². The largest absolute Gasteiger partial charge is 0.326 e. The molecule has 14 heavy (non-hydrogen) atoms. The lowest BCUT2D eigenvalue weighted by Crippen LogP contribution is -2.33. The summed E-state index contributed by atoms with van der Waals surface area (Å²) in [4.78, 5) is 11.0. The molecule has 74 valence electrons. The molecule has 0 aromatic carbocycles. The van der Waals surface area contributed by atoms with E-state index in [1.165, 1.54) is 17.7 Å². The number of hydrogen-bond acceptors (Lipinski definition) is 1. The first-order chi connectivity index (χ1) is 6.68. The number of nitrogens with zero attached hydrogens (tertiary/aromatic N) is 1. The molecule has 0 fully saturated rings. The van der Waals surface area contributed by atoms with Crippen molar-refractivity contribution in [2.24, 2.45) is 7.05 Å². The molecule has 1 N–H and O–H groups in total. The molecule has 0 saturated heterocycles. The third-order valence-corrected chi connectivity index (χ3v) is 2.72. The van der Waals surface area contributed by atoms with Crippen molar-refractivity contribution in [3.05, 3.63) is 23.5 Å². The molecule has 1 aromatic heterocycles. The van der Waals surface area contributed by atoms with Gasteiger partial charge in [0.05, 0.1) is 5.69 Å². The lowest BCUT2D eigenvalue weighted by Gasteiger charge is -2.06. The highest BCUT2D eigenvalue weighted by atomic mass is 16.1. The van der Waals surface area contributed by atoms with Gasteiger partial charge < -0.3 is 5.32 Å². The van der Waals surface area contributed by atoms with Crippen molar-refractivity contribution >= 4 is 11.6 Å². The first-order valence-corrected chi connectivity index (χ1v) is 4.96. The molecule has 0 atom stereocenters. The normalized spacial score (nSPS) is 13.9. The van der Waals surface area contributed by atoms with E-state index in [2.05, 4.69) is 16.9 Å². The quantitative estimate of drug-likeness (QED) is 0.659. The number of rotatable bonds is 1. The summed E-state index contributed by atoms with van der Waals surface area (Å²) >= 11 is 0. The number of pyridine rings is 1. The third kappa shape index (κ3) is 1.50. The minimum absolute atomic E-state index is 0.00736. The summed E-state index contributed by atoms with van der Waals surface area (Å²) in [5.74, 6) is 0.00736. The number of anilines is 1. The summed E-state index contributed by atoms with van der Waals surface area (Å²) in [6, 6.07) is 1.98. The van der Waals surface area contributed by atoms with Crippen LogP contribution in [0.3, 0.4) is 0 Å². The molecule has 3 heteroatoms. The second-order valence-corrected chi connectivity index (χ2v) is 3.80. The van der Waals surface area contributed by atoms with E-state index in [-0.39, 0.29) is 5.91 Å². The summed E-state index contributed by atoms with van der Waals surface area (Å²) in [6.45, 7) is 1.55. The molecule has 1 aliphatic carbocycles. The minimum atomic E-state index is 0.00736. The van der Waals surface area contributed by atoms with Crippen molar-refractivity contribution in [2.45, 2.75) is 26.2 Å². The number of amides is 1. The van der Waals surface area contributed by atoms with Crippen LogP contribution in [-0.2, 0) is 24.7 Å². The van der Waals surface area contributed by atoms with E-state index >= 15 is 0 Å². The van der Waals surface area contributed by atoms with Crippen LogP contribution >= 0.6 is 0 Å². The fraction of sp³-hybridized carbons (Fsp3) is 0.455. The van der Waals surface area contributed by atoms with Gasteiger partial charge in [0, 0.05) is 25.0 Å². The van der Waals surface area contributed by atoms with Crippen molar-refractivity contribution < 1.29 is 9.36 Å². The number of aryl methyl sites for hydroxylation is 1. The van der Waals surface area contributed by atoms with Crippen molar-refractivity contribution in [3.63, 3.8) is 0 Å². The van der Waals surface area contributed by atoms with Gasteiger partial charge in [-0.3, -0.25) is 4.79 Å². The Bertz CT molecular complexity index is 385. The van der Waals surface area contributed by atoms with Gasteiger partial charge in [-0.25, -0.2) is 4.57 Å². The summed E-state index contributed by atoms with van der Waals surface area (Å²) in [5.41, 5.74) is 3.66. The summed E-state index contributed by atoms with van der Waals surface area (Å²) in [7, 11) is 2.06. The molecular weight excluding hydrogens is 176 g/mol. The highest BCUT2D eigenvalue weighted by Crippen LogP contribution is 2.25. The smallest absolute Gasteiger partial charge is 0.221 e. The maximum Gasteiger partial charge on any atom is 0.221 e. The average molecular weight is 191 g/mol. The van der Waals surface area contributed by atoms with E-state index in [1.54, 1.807) is 6.92 Å².